The van der Waals surface area contributed by atoms with Gasteiger partial charge in [-0.25, -0.2) is 9.78 Å². The Balaban J connectivity index is 1.62. The van der Waals surface area contributed by atoms with E-state index in [4.69, 9.17) is 9.47 Å². The fourth-order valence-electron chi connectivity index (χ4n) is 5.71. The Kier molecular flexibility index (Phi) is 6.21. The van der Waals surface area contributed by atoms with Crippen LogP contribution in [0.1, 0.15) is 53.9 Å². The summed E-state index contributed by atoms with van der Waals surface area (Å²) in [5.41, 5.74) is 2.34. The van der Waals surface area contributed by atoms with E-state index in [0.717, 1.165) is 36.9 Å². The summed E-state index contributed by atoms with van der Waals surface area (Å²) < 4.78 is 11.8. The summed E-state index contributed by atoms with van der Waals surface area (Å²) in [6.45, 7) is 4.28. The first-order valence-corrected chi connectivity index (χ1v) is 12.0. The van der Waals surface area contributed by atoms with Crippen molar-refractivity contribution in [1.29, 1.82) is 5.26 Å². The first-order valence-electron chi connectivity index (χ1n) is 12.0. The number of nitrogens with zero attached hydrogens (tertiary/aromatic N) is 3. The lowest BCUT2D eigenvalue weighted by atomic mass is 9.72. The van der Waals surface area contributed by atoms with Gasteiger partial charge in [-0.3, -0.25) is 4.90 Å². The molecule has 6 heteroatoms. The number of hydrogen-bond acceptors (Lipinski definition) is 6. The maximum absolute atomic E-state index is 13.3. The summed E-state index contributed by atoms with van der Waals surface area (Å²) >= 11 is 0. The van der Waals surface area contributed by atoms with Gasteiger partial charge in [-0.15, -0.1) is 0 Å². The SMILES string of the molecule is CC[C@H]1CN2CC[C@@H]1C[C@H]2[C@H](OC(=O)c1ccccc1)c1cc(C#N)nc2ccc(OC)cc12. The molecule has 2 bridgehead atoms. The van der Waals surface area contributed by atoms with Crippen molar-refractivity contribution in [2.75, 3.05) is 20.2 Å². The number of benzene rings is 2. The van der Waals surface area contributed by atoms with E-state index in [2.05, 4.69) is 22.9 Å². The van der Waals surface area contributed by atoms with Crippen molar-refractivity contribution in [3.63, 3.8) is 0 Å². The van der Waals surface area contributed by atoms with Gasteiger partial charge in [0.1, 0.15) is 23.6 Å². The number of esters is 1. The number of methoxy groups -OCH3 is 1. The molecule has 3 fully saturated rings. The lowest BCUT2D eigenvalue weighted by Gasteiger charge is -2.51. The van der Waals surface area contributed by atoms with E-state index in [0.29, 0.717) is 34.4 Å². The minimum absolute atomic E-state index is 0.0533. The topological polar surface area (TPSA) is 75.5 Å². The Morgan fingerprint density at radius 1 is 1.24 bits per heavy atom. The molecular formula is C28H29N3O3. The van der Waals surface area contributed by atoms with E-state index in [1.165, 1.54) is 6.42 Å². The largest absolute Gasteiger partial charge is 0.497 e. The van der Waals surface area contributed by atoms with Gasteiger partial charge in [0.25, 0.3) is 0 Å². The molecular weight excluding hydrogens is 426 g/mol. The summed E-state index contributed by atoms with van der Waals surface area (Å²) in [5.74, 6) is 1.65. The first kappa shape index (κ1) is 22.4. The van der Waals surface area contributed by atoms with E-state index in [1.54, 1.807) is 25.3 Å². The van der Waals surface area contributed by atoms with Crippen LogP contribution < -0.4 is 4.74 Å². The highest BCUT2D eigenvalue weighted by atomic mass is 16.5. The molecule has 5 atom stereocenters. The number of carbonyl (C=O) groups is 1. The maximum atomic E-state index is 13.3. The van der Waals surface area contributed by atoms with Gasteiger partial charge in [-0.2, -0.15) is 5.26 Å². The minimum Gasteiger partial charge on any atom is -0.497 e. The molecule has 1 aromatic heterocycles. The van der Waals surface area contributed by atoms with Crippen LogP contribution in [0.15, 0.2) is 54.6 Å². The lowest BCUT2D eigenvalue weighted by molar-refractivity contribution is -0.0659. The van der Waals surface area contributed by atoms with Crippen LogP contribution >= 0.6 is 0 Å². The van der Waals surface area contributed by atoms with Crippen LogP contribution in [0.5, 0.6) is 5.75 Å². The smallest absolute Gasteiger partial charge is 0.338 e. The fraction of sp³-hybridized carbons (Fsp3) is 0.393. The second-order valence-electron chi connectivity index (χ2n) is 9.30. The number of hydrogen-bond donors (Lipinski definition) is 0. The van der Waals surface area contributed by atoms with Gasteiger partial charge in [0, 0.05) is 17.5 Å². The molecule has 174 valence electrons. The van der Waals surface area contributed by atoms with Crippen LogP contribution in [-0.4, -0.2) is 42.1 Å². The van der Waals surface area contributed by atoms with Crippen LogP contribution in [0.2, 0.25) is 0 Å². The molecule has 1 unspecified atom stereocenters. The Morgan fingerprint density at radius 3 is 2.74 bits per heavy atom. The Morgan fingerprint density at radius 2 is 2.06 bits per heavy atom. The number of pyridine rings is 1. The minimum atomic E-state index is -0.516. The van der Waals surface area contributed by atoms with Crippen molar-refractivity contribution in [1.82, 2.24) is 9.88 Å². The van der Waals surface area contributed by atoms with Crippen LogP contribution in [0.3, 0.4) is 0 Å². The maximum Gasteiger partial charge on any atom is 0.338 e. The number of nitriles is 1. The number of carbonyl (C=O) groups excluding carboxylic acids is 1. The molecule has 34 heavy (non-hydrogen) atoms. The van der Waals surface area contributed by atoms with Gasteiger partial charge < -0.3 is 9.47 Å². The summed E-state index contributed by atoms with van der Waals surface area (Å²) in [6, 6.07) is 18.7. The van der Waals surface area contributed by atoms with E-state index in [1.807, 2.05) is 36.4 Å². The zero-order valence-electron chi connectivity index (χ0n) is 19.6. The molecule has 3 aliphatic rings. The van der Waals surface area contributed by atoms with Gasteiger partial charge >= 0.3 is 5.97 Å². The van der Waals surface area contributed by atoms with Crippen molar-refractivity contribution >= 4 is 16.9 Å². The summed E-state index contributed by atoms with van der Waals surface area (Å²) in [7, 11) is 1.63. The molecule has 3 aliphatic heterocycles. The van der Waals surface area contributed by atoms with E-state index in [9.17, 15) is 10.1 Å². The Hall–Kier alpha value is -3.43. The molecule has 0 radical (unpaired) electrons. The summed E-state index contributed by atoms with van der Waals surface area (Å²) in [4.78, 5) is 20.2. The third kappa shape index (κ3) is 4.12. The number of rotatable bonds is 6. The molecule has 0 aliphatic carbocycles. The number of fused-ring (bicyclic) bond motifs is 4. The second-order valence-corrected chi connectivity index (χ2v) is 9.30. The van der Waals surface area contributed by atoms with Crippen molar-refractivity contribution < 1.29 is 14.3 Å². The Labute approximate surface area is 200 Å². The van der Waals surface area contributed by atoms with Gasteiger partial charge in [0.05, 0.1) is 24.2 Å². The zero-order valence-corrected chi connectivity index (χ0v) is 19.6. The number of ether oxygens (including phenoxy) is 2. The lowest BCUT2D eigenvalue weighted by Crippen LogP contribution is -2.55. The van der Waals surface area contributed by atoms with E-state index < -0.39 is 6.10 Å². The molecule has 6 nitrogen and oxygen atoms in total. The highest BCUT2D eigenvalue weighted by Crippen LogP contribution is 2.44. The molecule has 0 spiro atoms. The summed E-state index contributed by atoms with van der Waals surface area (Å²) in [5, 5.41) is 10.5. The van der Waals surface area contributed by atoms with Crippen molar-refractivity contribution in [3.05, 3.63) is 71.4 Å². The van der Waals surface area contributed by atoms with E-state index >= 15 is 0 Å². The van der Waals surface area contributed by atoms with Crippen LogP contribution in [-0.2, 0) is 4.74 Å². The molecule has 0 N–H and O–H groups in total. The average Bonchev–Trinajstić information content (AvgIpc) is 2.91. The van der Waals surface area contributed by atoms with Crippen molar-refractivity contribution in [2.45, 2.75) is 38.3 Å². The molecule has 6 rings (SSSR count). The van der Waals surface area contributed by atoms with Crippen molar-refractivity contribution in [3.8, 4) is 11.8 Å². The quantitative estimate of drug-likeness (QED) is 0.480. The molecule has 2 aromatic carbocycles. The third-order valence-electron chi connectivity index (χ3n) is 7.52. The standard InChI is InChI=1S/C28H29N3O3/c1-3-18-17-31-12-11-20(18)13-26(31)27(34-28(32)19-7-5-4-6-8-19)24-14-21(16-29)30-25-10-9-22(33-2)15-23(24)25/h4-10,14-15,18,20,26-27H,3,11-13,17H2,1-2H3/t18-,20+,26-,27+/m0/s1. The first-order chi connectivity index (χ1) is 16.6. The predicted molar refractivity (Wildman–Crippen MR) is 129 cm³/mol. The third-order valence-corrected chi connectivity index (χ3v) is 7.52. The fourth-order valence-corrected chi connectivity index (χ4v) is 5.71. The van der Waals surface area contributed by atoms with Crippen LogP contribution in [0.25, 0.3) is 10.9 Å². The molecule has 0 saturated carbocycles. The summed E-state index contributed by atoms with van der Waals surface area (Å²) in [6.07, 6.45) is 2.80. The highest BCUT2D eigenvalue weighted by Gasteiger charge is 2.44. The van der Waals surface area contributed by atoms with Gasteiger partial charge in [-0.05, 0) is 67.6 Å². The van der Waals surface area contributed by atoms with Crippen LogP contribution in [0.4, 0.5) is 0 Å². The van der Waals surface area contributed by atoms with Gasteiger partial charge in [-0.1, -0.05) is 31.5 Å². The normalized spacial score (nSPS) is 24.4. The average molecular weight is 456 g/mol. The second kappa shape index (κ2) is 9.44. The van der Waals surface area contributed by atoms with Crippen LogP contribution in [0, 0.1) is 23.2 Å². The molecule has 4 heterocycles. The number of piperidine rings is 3. The highest BCUT2D eigenvalue weighted by molar-refractivity contribution is 5.90. The van der Waals surface area contributed by atoms with E-state index in [-0.39, 0.29) is 12.0 Å². The molecule has 3 saturated heterocycles. The monoisotopic (exact) mass is 455 g/mol. The Bertz CT molecular complexity index is 1240. The molecule has 0 amide bonds. The predicted octanol–water partition coefficient (Wildman–Crippen LogP) is 5.13. The number of aromatic nitrogens is 1. The molecule has 3 aromatic rings. The van der Waals surface area contributed by atoms with Gasteiger partial charge in [0.2, 0.25) is 0 Å². The van der Waals surface area contributed by atoms with Gasteiger partial charge in [0.15, 0.2) is 0 Å². The zero-order chi connectivity index (χ0) is 23.7. The van der Waals surface area contributed by atoms with Crippen molar-refractivity contribution in [2.24, 2.45) is 11.8 Å².